The Morgan fingerprint density at radius 3 is 2.92 bits per heavy atom. The first kappa shape index (κ1) is 16.0. The molecule has 0 bridgehead atoms. The maximum Gasteiger partial charge on any atom is 0.267 e. The fraction of sp³-hybridized carbons (Fsp3) is 0.421. The summed E-state index contributed by atoms with van der Waals surface area (Å²) in [5.74, 6) is -0.251. The van der Waals surface area contributed by atoms with Gasteiger partial charge in [0.1, 0.15) is 6.04 Å². The third-order valence-corrected chi connectivity index (χ3v) is 5.05. The molecular formula is C19H21N3O3. The molecule has 0 spiro atoms. The van der Waals surface area contributed by atoms with Gasteiger partial charge in [-0.25, -0.2) is 4.68 Å². The smallest absolute Gasteiger partial charge is 0.267 e. The van der Waals surface area contributed by atoms with Crippen molar-refractivity contribution in [1.29, 1.82) is 0 Å². The SMILES string of the molecule is C[C@@H]1OCc2cc(=O)n([C@H](C)C(=O)Nc3ccc4c(c3)CCC4)nc21. The van der Waals surface area contributed by atoms with Crippen LogP contribution in [0.1, 0.15) is 54.8 Å². The van der Waals surface area contributed by atoms with Gasteiger partial charge >= 0.3 is 0 Å². The average Bonchev–Trinajstić information content (AvgIpc) is 3.20. The highest BCUT2D eigenvalue weighted by atomic mass is 16.5. The van der Waals surface area contributed by atoms with Crippen molar-refractivity contribution in [3.63, 3.8) is 0 Å². The lowest BCUT2D eigenvalue weighted by Gasteiger charge is -2.16. The Morgan fingerprint density at radius 2 is 2.08 bits per heavy atom. The molecule has 2 atom stereocenters. The van der Waals surface area contributed by atoms with E-state index < -0.39 is 6.04 Å². The van der Waals surface area contributed by atoms with E-state index in [0.717, 1.165) is 36.2 Å². The normalized spacial score (nSPS) is 19.4. The molecule has 2 aromatic rings. The van der Waals surface area contributed by atoms with Gasteiger partial charge in [-0.3, -0.25) is 9.59 Å². The Morgan fingerprint density at radius 1 is 1.28 bits per heavy atom. The van der Waals surface area contributed by atoms with Crippen LogP contribution < -0.4 is 10.9 Å². The molecule has 1 N–H and O–H groups in total. The third-order valence-electron chi connectivity index (χ3n) is 5.05. The van der Waals surface area contributed by atoms with Crippen LogP contribution in [0.4, 0.5) is 5.69 Å². The lowest BCUT2D eigenvalue weighted by atomic mass is 10.1. The Bertz CT molecular complexity index is 903. The molecule has 0 unspecified atom stereocenters. The number of nitrogens with zero attached hydrogens (tertiary/aromatic N) is 2. The quantitative estimate of drug-likeness (QED) is 0.932. The number of aromatic nitrogens is 2. The second-order valence-corrected chi connectivity index (χ2v) is 6.79. The average molecular weight is 339 g/mol. The minimum absolute atomic E-state index is 0.158. The zero-order valence-electron chi connectivity index (χ0n) is 14.4. The largest absolute Gasteiger partial charge is 0.367 e. The van der Waals surface area contributed by atoms with E-state index in [1.807, 2.05) is 19.1 Å². The highest BCUT2D eigenvalue weighted by Crippen LogP contribution is 2.27. The highest BCUT2D eigenvalue weighted by Gasteiger charge is 2.26. The second-order valence-electron chi connectivity index (χ2n) is 6.79. The molecule has 0 radical (unpaired) electrons. The molecule has 4 rings (SSSR count). The van der Waals surface area contributed by atoms with Gasteiger partial charge in [0.05, 0.1) is 18.4 Å². The predicted octanol–water partition coefficient (Wildman–Crippen LogP) is 2.52. The number of amides is 1. The maximum atomic E-state index is 12.6. The first-order valence-corrected chi connectivity index (χ1v) is 8.70. The van der Waals surface area contributed by atoms with Crippen LogP contribution in [0.25, 0.3) is 0 Å². The van der Waals surface area contributed by atoms with Crippen molar-refractivity contribution in [2.75, 3.05) is 5.32 Å². The van der Waals surface area contributed by atoms with E-state index in [2.05, 4.69) is 16.5 Å². The number of rotatable bonds is 3. The molecule has 1 aromatic carbocycles. The molecular weight excluding hydrogens is 318 g/mol. The van der Waals surface area contributed by atoms with Crippen LogP contribution in [-0.2, 0) is 29.0 Å². The molecule has 130 valence electrons. The summed E-state index contributed by atoms with van der Waals surface area (Å²) in [6.45, 7) is 3.97. The number of nitrogens with one attached hydrogen (secondary N) is 1. The van der Waals surface area contributed by atoms with E-state index in [-0.39, 0.29) is 17.6 Å². The number of aryl methyl sites for hydroxylation is 2. The van der Waals surface area contributed by atoms with Gasteiger partial charge in [0.15, 0.2) is 0 Å². The molecule has 6 heteroatoms. The van der Waals surface area contributed by atoms with Gasteiger partial charge in [0.25, 0.3) is 5.56 Å². The molecule has 25 heavy (non-hydrogen) atoms. The van der Waals surface area contributed by atoms with E-state index >= 15 is 0 Å². The lowest BCUT2D eigenvalue weighted by molar-refractivity contribution is -0.119. The van der Waals surface area contributed by atoms with Crippen molar-refractivity contribution in [3.8, 4) is 0 Å². The molecule has 0 fully saturated rings. The topological polar surface area (TPSA) is 73.2 Å². The van der Waals surface area contributed by atoms with E-state index in [1.54, 1.807) is 6.92 Å². The van der Waals surface area contributed by atoms with Gasteiger partial charge in [-0.15, -0.1) is 0 Å². The van der Waals surface area contributed by atoms with Crippen molar-refractivity contribution in [2.24, 2.45) is 0 Å². The maximum absolute atomic E-state index is 12.6. The lowest BCUT2D eigenvalue weighted by Crippen LogP contribution is -2.34. The summed E-state index contributed by atoms with van der Waals surface area (Å²) in [5, 5.41) is 7.28. The molecule has 1 aliphatic heterocycles. The first-order chi connectivity index (χ1) is 12.0. The summed E-state index contributed by atoms with van der Waals surface area (Å²) in [7, 11) is 0. The predicted molar refractivity (Wildman–Crippen MR) is 93.5 cm³/mol. The Kier molecular flexibility index (Phi) is 3.92. The van der Waals surface area contributed by atoms with Crippen LogP contribution in [0.3, 0.4) is 0 Å². The fourth-order valence-electron chi connectivity index (χ4n) is 3.56. The Balaban J connectivity index is 1.57. The number of fused-ring (bicyclic) bond motifs is 2. The Labute approximate surface area is 145 Å². The summed E-state index contributed by atoms with van der Waals surface area (Å²) in [4.78, 5) is 24.9. The first-order valence-electron chi connectivity index (χ1n) is 8.70. The van der Waals surface area contributed by atoms with E-state index in [4.69, 9.17) is 4.74 Å². The zero-order valence-corrected chi connectivity index (χ0v) is 14.4. The van der Waals surface area contributed by atoms with E-state index in [9.17, 15) is 9.59 Å². The van der Waals surface area contributed by atoms with Crippen LogP contribution in [0.2, 0.25) is 0 Å². The number of hydrogen-bond donors (Lipinski definition) is 1. The number of ether oxygens (including phenoxy) is 1. The van der Waals surface area contributed by atoms with Crippen LogP contribution in [-0.4, -0.2) is 15.7 Å². The van der Waals surface area contributed by atoms with Crippen molar-refractivity contribution < 1.29 is 9.53 Å². The van der Waals surface area contributed by atoms with Crippen molar-refractivity contribution in [1.82, 2.24) is 9.78 Å². The van der Waals surface area contributed by atoms with Gasteiger partial charge in [0.2, 0.25) is 5.91 Å². The summed E-state index contributed by atoms with van der Waals surface area (Å²) in [5.41, 5.74) is 4.68. The fourth-order valence-corrected chi connectivity index (χ4v) is 3.56. The molecule has 1 aromatic heterocycles. The van der Waals surface area contributed by atoms with E-state index in [1.165, 1.54) is 21.9 Å². The number of carbonyl (C=O) groups is 1. The summed E-state index contributed by atoms with van der Waals surface area (Å²) >= 11 is 0. The molecule has 6 nitrogen and oxygen atoms in total. The second kappa shape index (κ2) is 6.11. The molecule has 2 heterocycles. The summed E-state index contributed by atoms with van der Waals surface area (Å²) in [6.07, 6.45) is 3.17. The van der Waals surface area contributed by atoms with E-state index in [0.29, 0.717) is 6.61 Å². The van der Waals surface area contributed by atoms with Gasteiger partial charge in [-0.1, -0.05) is 6.07 Å². The summed E-state index contributed by atoms with van der Waals surface area (Å²) < 4.78 is 6.74. The van der Waals surface area contributed by atoms with Crippen LogP contribution in [0.5, 0.6) is 0 Å². The standard InChI is InChI=1S/C19H21N3O3/c1-11(22-17(23)9-15-10-25-12(2)18(15)21-22)19(24)20-16-7-6-13-4-3-5-14(13)8-16/h6-9,11-12H,3-5,10H2,1-2H3,(H,20,24)/t11-,12+/m1/s1. The van der Waals surface area contributed by atoms with Crippen molar-refractivity contribution in [3.05, 3.63) is 57.0 Å². The third kappa shape index (κ3) is 2.87. The van der Waals surface area contributed by atoms with Gasteiger partial charge < -0.3 is 10.1 Å². The minimum atomic E-state index is -0.696. The Hall–Kier alpha value is -2.47. The number of benzene rings is 1. The van der Waals surface area contributed by atoms with Gasteiger partial charge in [0, 0.05) is 17.3 Å². The van der Waals surface area contributed by atoms with Gasteiger partial charge in [-0.05, 0) is 56.4 Å². The molecule has 1 amide bonds. The number of carbonyl (C=O) groups excluding carboxylic acids is 1. The molecule has 1 aliphatic carbocycles. The van der Waals surface area contributed by atoms with Crippen LogP contribution in [0.15, 0.2) is 29.1 Å². The van der Waals surface area contributed by atoms with Crippen LogP contribution >= 0.6 is 0 Å². The number of hydrogen-bond acceptors (Lipinski definition) is 4. The van der Waals surface area contributed by atoms with Crippen molar-refractivity contribution in [2.45, 2.75) is 51.9 Å². The highest BCUT2D eigenvalue weighted by molar-refractivity contribution is 5.93. The molecule has 2 aliphatic rings. The molecule has 0 saturated carbocycles. The minimum Gasteiger partial charge on any atom is -0.367 e. The van der Waals surface area contributed by atoms with Crippen molar-refractivity contribution >= 4 is 11.6 Å². The zero-order chi connectivity index (χ0) is 17.6. The monoisotopic (exact) mass is 339 g/mol. The molecule has 0 saturated heterocycles. The van der Waals surface area contributed by atoms with Gasteiger partial charge in [-0.2, -0.15) is 5.10 Å². The van der Waals surface area contributed by atoms with Crippen LogP contribution in [0, 0.1) is 0 Å². The summed E-state index contributed by atoms with van der Waals surface area (Å²) in [6, 6.07) is 6.84. The number of anilines is 1.